The lowest BCUT2D eigenvalue weighted by Crippen LogP contribution is -2.41. The lowest BCUT2D eigenvalue weighted by atomic mass is 9.97. The molecule has 1 aliphatic heterocycles. The number of anilines is 2. The van der Waals surface area contributed by atoms with Crippen molar-refractivity contribution in [2.24, 2.45) is 0 Å². The van der Waals surface area contributed by atoms with E-state index < -0.39 is 0 Å². The molecular formula is C15H20N6O2S. The summed E-state index contributed by atoms with van der Waals surface area (Å²) in [6.45, 7) is 3.45. The van der Waals surface area contributed by atoms with Crippen LogP contribution in [0.2, 0.25) is 0 Å². The van der Waals surface area contributed by atoms with Crippen LogP contribution in [-0.4, -0.2) is 57.8 Å². The molecule has 128 valence electrons. The first-order chi connectivity index (χ1) is 11.7. The van der Waals surface area contributed by atoms with Gasteiger partial charge in [0.25, 0.3) is 0 Å². The summed E-state index contributed by atoms with van der Waals surface area (Å²) in [7, 11) is 1.54. The first-order valence-electron chi connectivity index (χ1n) is 7.81. The number of aromatic nitrogens is 4. The molecule has 0 radical (unpaired) electrons. The highest BCUT2D eigenvalue weighted by molar-refractivity contribution is 7.13. The van der Waals surface area contributed by atoms with Crippen LogP contribution in [0.4, 0.5) is 10.9 Å². The van der Waals surface area contributed by atoms with Crippen molar-refractivity contribution in [3.8, 4) is 0 Å². The molecule has 0 bridgehead atoms. The number of piperidine rings is 1. The van der Waals surface area contributed by atoms with Gasteiger partial charge in [-0.15, -0.1) is 10.2 Å². The van der Waals surface area contributed by atoms with Crippen molar-refractivity contribution < 1.29 is 9.53 Å². The fraction of sp³-hybridized carbons (Fsp3) is 0.533. The van der Waals surface area contributed by atoms with Crippen LogP contribution >= 0.6 is 11.3 Å². The summed E-state index contributed by atoms with van der Waals surface area (Å²) in [6, 6.07) is 1.88. The highest BCUT2D eigenvalue weighted by Gasteiger charge is 2.26. The summed E-state index contributed by atoms with van der Waals surface area (Å²) < 4.78 is 4.95. The highest BCUT2D eigenvalue weighted by atomic mass is 32.1. The Morgan fingerprint density at radius 3 is 3.12 bits per heavy atom. The molecule has 0 aliphatic carbocycles. The van der Waals surface area contributed by atoms with Crippen LogP contribution in [0.3, 0.4) is 0 Å². The summed E-state index contributed by atoms with van der Waals surface area (Å²) in [4.78, 5) is 23.1. The van der Waals surface area contributed by atoms with Crippen LogP contribution in [0.15, 0.2) is 11.6 Å². The maximum absolute atomic E-state index is 12.1. The van der Waals surface area contributed by atoms with E-state index in [2.05, 4.69) is 25.5 Å². The van der Waals surface area contributed by atoms with Gasteiger partial charge in [-0.25, -0.2) is 9.97 Å². The molecule has 0 unspecified atom stereocenters. The minimum Gasteiger partial charge on any atom is -0.375 e. The maximum Gasteiger partial charge on any atom is 0.248 e. The number of aryl methyl sites for hydroxylation is 1. The van der Waals surface area contributed by atoms with Crippen LogP contribution in [0.25, 0.3) is 0 Å². The molecule has 3 rings (SSSR count). The topological polar surface area (TPSA) is 93.1 Å². The molecular weight excluding hydrogens is 328 g/mol. The standard InChI is InChI=1S/C15H20N6O2S/c1-10-6-12(19-15-20-16-9-24-15)18-14(17-10)11-4-3-5-21(7-11)13(22)8-23-2/h6,9,11H,3-5,7-8H2,1-2H3,(H,17,18,19,20)/t11-/m0/s1. The van der Waals surface area contributed by atoms with Crippen LogP contribution in [-0.2, 0) is 9.53 Å². The van der Waals surface area contributed by atoms with Crippen molar-refractivity contribution in [1.82, 2.24) is 25.1 Å². The number of ether oxygens (including phenoxy) is 1. The Balaban J connectivity index is 1.75. The van der Waals surface area contributed by atoms with E-state index in [-0.39, 0.29) is 18.4 Å². The first-order valence-corrected chi connectivity index (χ1v) is 8.69. The molecule has 0 aromatic carbocycles. The van der Waals surface area contributed by atoms with Crippen molar-refractivity contribution in [2.45, 2.75) is 25.7 Å². The third-order valence-electron chi connectivity index (χ3n) is 3.87. The molecule has 0 saturated carbocycles. The van der Waals surface area contributed by atoms with E-state index in [4.69, 9.17) is 4.74 Å². The predicted molar refractivity (Wildman–Crippen MR) is 90.4 cm³/mol. The highest BCUT2D eigenvalue weighted by Crippen LogP contribution is 2.26. The van der Waals surface area contributed by atoms with Crippen molar-refractivity contribution in [1.29, 1.82) is 0 Å². The molecule has 1 aliphatic rings. The quantitative estimate of drug-likeness (QED) is 0.879. The predicted octanol–water partition coefficient (Wildman–Crippen LogP) is 1.73. The average molecular weight is 348 g/mol. The van der Waals surface area contributed by atoms with Gasteiger partial charge in [0.2, 0.25) is 11.0 Å². The zero-order valence-electron chi connectivity index (χ0n) is 13.7. The third-order valence-corrected chi connectivity index (χ3v) is 4.48. The Morgan fingerprint density at radius 2 is 2.38 bits per heavy atom. The van der Waals surface area contributed by atoms with E-state index in [0.717, 1.165) is 30.9 Å². The molecule has 2 aromatic rings. The Labute approximate surface area is 144 Å². The van der Waals surface area contributed by atoms with E-state index in [1.807, 2.05) is 17.9 Å². The van der Waals surface area contributed by atoms with Gasteiger partial charge in [0.1, 0.15) is 23.8 Å². The van der Waals surface area contributed by atoms with Gasteiger partial charge in [0.15, 0.2) is 0 Å². The fourth-order valence-corrected chi connectivity index (χ4v) is 3.26. The molecule has 8 nitrogen and oxygen atoms in total. The number of carbonyl (C=O) groups excluding carboxylic acids is 1. The normalized spacial score (nSPS) is 17.8. The fourth-order valence-electron chi connectivity index (χ4n) is 2.80. The summed E-state index contributed by atoms with van der Waals surface area (Å²) >= 11 is 1.41. The molecule has 1 saturated heterocycles. The van der Waals surface area contributed by atoms with Crippen molar-refractivity contribution in [2.75, 3.05) is 32.1 Å². The lowest BCUT2D eigenvalue weighted by molar-refractivity contribution is -0.136. The van der Waals surface area contributed by atoms with Crippen LogP contribution in [0.5, 0.6) is 0 Å². The van der Waals surface area contributed by atoms with E-state index in [9.17, 15) is 4.79 Å². The van der Waals surface area contributed by atoms with E-state index in [1.165, 1.54) is 18.4 Å². The SMILES string of the molecule is COCC(=O)N1CCC[C@H](c2nc(C)cc(Nc3nncs3)n2)C1. The number of methoxy groups -OCH3 is 1. The van der Waals surface area contributed by atoms with E-state index in [0.29, 0.717) is 17.5 Å². The third kappa shape index (κ3) is 4.04. The maximum atomic E-state index is 12.1. The monoisotopic (exact) mass is 348 g/mol. The summed E-state index contributed by atoms with van der Waals surface area (Å²) in [5, 5.41) is 11.6. The first kappa shape index (κ1) is 16.7. The number of likely N-dealkylation sites (tertiary alicyclic amines) is 1. The van der Waals surface area contributed by atoms with Crippen molar-refractivity contribution in [3.05, 3.63) is 23.1 Å². The molecule has 9 heteroatoms. The molecule has 0 spiro atoms. The van der Waals surface area contributed by atoms with Gasteiger partial charge in [0.05, 0.1) is 0 Å². The Morgan fingerprint density at radius 1 is 1.50 bits per heavy atom. The Bertz CT molecular complexity index is 693. The van der Waals surface area contributed by atoms with Gasteiger partial charge in [-0.05, 0) is 19.8 Å². The lowest BCUT2D eigenvalue weighted by Gasteiger charge is -2.32. The molecule has 1 N–H and O–H groups in total. The molecule has 1 amide bonds. The van der Waals surface area contributed by atoms with Gasteiger partial charge in [-0.1, -0.05) is 11.3 Å². The minimum atomic E-state index is 0.0158. The summed E-state index contributed by atoms with van der Waals surface area (Å²) in [5.74, 6) is 1.61. The molecule has 1 atom stereocenters. The summed E-state index contributed by atoms with van der Waals surface area (Å²) in [5.41, 5.74) is 2.55. The average Bonchev–Trinajstić information content (AvgIpc) is 3.07. The number of rotatable bonds is 5. The molecule has 1 fully saturated rings. The van der Waals surface area contributed by atoms with Gasteiger partial charge in [-0.2, -0.15) is 0 Å². The van der Waals surface area contributed by atoms with Gasteiger partial charge in [-0.3, -0.25) is 4.79 Å². The number of hydrogen-bond acceptors (Lipinski definition) is 8. The second-order valence-electron chi connectivity index (χ2n) is 5.73. The number of hydrogen-bond donors (Lipinski definition) is 1. The zero-order chi connectivity index (χ0) is 16.9. The van der Waals surface area contributed by atoms with Crippen LogP contribution < -0.4 is 5.32 Å². The largest absolute Gasteiger partial charge is 0.375 e. The molecule has 24 heavy (non-hydrogen) atoms. The second kappa shape index (κ2) is 7.63. The number of carbonyl (C=O) groups is 1. The minimum absolute atomic E-state index is 0.0158. The van der Waals surface area contributed by atoms with Gasteiger partial charge >= 0.3 is 0 Å². The van der Waals surface area contributed by atoms with Crippen LogP contribution in [0, 0.1) is 6.92 Å². The van der Waals surface area contributed by atoms with Crippen LogP contribution in [0.1, 0.15) is 30.3 Å². The molecule has 3 heterocycles. The summed E-state index contributed by atoms with van der Waals surface area (Å²) in [6.07, 6.45) is 1.91. The number of amides is 1. The van der Waals surface area contributed by atoms with Gasteiger partial charge in [0, 0.05) is 37.9 Å². The van der Waals surface area contributed by atoms with E-state index in [1.54, 1.807) is 5.51 Å². The van der Waals surface area contributed by atoms with Crippen molar-refractivity contribution in [3.63, 3.8) is 0 Å². The van der Waals surface area contributed by atoms with E-state index >= 15 is 0 Å². The smallest absolute Gasteiger partial charge is 0.248 e. The number of nitrogens with zero attached hydrogens (tertiary/aromatic N) is 5. The zero-order valence-corrected chi connectivity index (χ0v) is 14.5. The number of nitrogens with one attached hydrogen (secondary N) is 1. The van der Waals surface area contributed by atoms with Gasteiger partial charge < -0.3 is 15.0 Å². The Kier molecular flexibility index (Phi) is 5.31. The second-order valence-corrected chi connectivity index (χ2v) is 6.57. The Hall–Kier alpha value is -2.13. The van der Waals surface area contributed by atoms with Crippen molar-refractivity contribution >= 4 is 28.2 Å². The molecule has 2 aromatic heterocycles.